The number of aryl methyl sites for hydroxylation is 1. The van der Waals surface area contributed by atoms with Gasteiger partial charge in [-0.15, -0.1) is 0 Å². The monoisotopic (exact) mass is 486 g/mol. The maximum atomic E-state index is 14.8. The van der Waals surface area contributed by atoms with Crippen LogP contribution in [0.25, 0.3) is 22.5 Å². The number of halogens is 1. The molecule has 0 fully saturated rings. The zero-order valence-corrected chi connectivity index (χ0v) is 19.9. The predicted octanol–water partition coefficient (Wildman–Crippen LogP) is 4.31. The van der Waals surface area contributed by atoms with Crippen LogP contribution in [0.3, 0.4) is 0 Å². The fourth-order valence-corrected chi connectivity index (χ4v) is 3.32. The van der Waals surface area contributed by atoms with E-state index in [1.54, 1.807) is 49.4 Å². The molecule has 2 heterocycles. The molecule has 0 aliphatic heterocycles. The molecule has 4 rings (SSSR count). The lowest BCUT2D eigenvalue weighted by molar-refractivity contribution is 0.102. The van der Waals surface area contributed by atoms with Gasteiger partial charge in [-0.2, -0.15) is 15.2 Å². The van der Waals surface area contributed by atoms with Crippen LogP contribution >= 0.6 is 0 Å². The molecule has 10 heteroatoms. The van der Waals surface area contributed by atoms with Crippen molar-refractivity contribution in [3.63, 3.8) is 0 Å². The summed E-state index contributed by atoms with van der Waals surface area (Å²) in [5.74, 6) is 0.265. The summed E-state index contributed by atoms with van der Waals surface area (Å²) in [5.41, 5.74) is 2.12. The standard InChI is InChI=1S/C26H23FN6O3/c1-16-29-24(32-36-16)19-8-10-21(22(27)14-19)17-4-6-18(7-5-17)25(34)30-23-11-9-20(15-28)26(31-23)35-13-12-33(2)3/h4-11,14H,12-13H2,1-3H3,(H,30,31,34). The average molecular weight is 487 g/mol. The van der Waals surface area contributed by atoms with Crippen molar-refractivity contribution in [2.75, 3.05) is 32.6 Å². The number of nitrogens with one attached hydrogen (secondary N) is 1. The molecule has 0 aliphatic carbocycles. The number of anilines is 1. The summed E-state index contributed by atoms with van der Waals surface area (Å²) in [7, 11) is 3.81. The van der Waals surface area contributed by atoms with Crippen LogP contribution in [0.1, 0.15) is 21.8 Å². The summed E-state index contributed by atoms with van der Waals surface area (Å²) in [6, 6.07) is 16.3. The Morgan fingerprint density at radius 3 is 2.50 bits per heavy atom. The number of carbonyl (C=O) groups is 1. The molecular weight excluding hydrogens is 463 g/mol. The Labute approximate surface area is 207 Å². The van der Waals surface area contributed by atoms with Crippen LogP contribution in [0.5, 0.6) is 5.88 Å². The van der Waals surface area contributed by atoms with Crippen molar-refractivity contribution in [2.24, 2.45) is 0 Å². The molecule has 0 saturated carbocycles. The highest BCUT2D eigenvalue weighted by Gasteiger charge is 2.14. The second-order valence-electron chi connectivity index (χ2n) is 8.18. The van der Waals surface area contributed by atoms with Gasteiger partial charge in [0.2, 0.25) is 17.6 Å². The van der Waals surface area contributed by atoms with E-state index in [4.69, 9.17) is 9.26 Å². The first-order chi connectivity index (χ1) is 17.3. The second-order valence-corrected chi connectivity index (χ2v) is 8.18. The lowest BCUT2D eigenvalue weighted by Crippen LogP contribution is -2.20. The summed E-state index contributed by atoms with van der Waals surface area (Å²) < 4.78 is 25.3. The van der Waals surface area contributed by atoms with Gasteiger partial charge in [0.25, 0.3) is 5.91 Å². The number of rotatable bonds is 8. The maximum Gasteiger partial charge on any atom is 0.256 e. The van der Waals surface area contributed by atoms with Gasteiger partial charge in [0.05, 0.1) is 0 Å². The van der Waals surface area contributed by atoms with E-state index in [9.17, 15) is 14.4 Å². The summed E-state index contributed by atoms with van der Waals surface area (Å²) in [5, 5.41) is 15.8. The third kappa shape index (κ3) is 5.71. The van der Waals surface area contributed by atoms with Gasteiger partial charge in [-0.25, -0.2) is 4.39 Å². The topological polar surface area (TPSA) is 117 Å². The lowest BCUT2D eigenvalue weighted by atomic mass is 10.0. The SMILES string of the molecule is Cc1nc(-c2ccc(-c3ccc(C(=O)Nc4ccc(C#N)c(OCCN(C)C)n4)cc3)c(F)c2)no1. The van der Waals surface area contributed by atoms with Crippen molar-refractivity contribution in [3.8, 4) is 34.5 Å². The Balaban J connectivity index is 1.46. The molecule has 0 radical (unpaired) electrons. The van der Waals surface area contributed by atoms with E-state index in [1.807, 2.05) is 25.1 Å². The van der Waals surface area contributed by atoms with Crippen LogP contribution in [0, 0.1) is 24.1 Å². The van der Waals surface area contributed by atoms with Gasteiger partial charge in [-0.05, 0) is 50.0 Å². The van der Waals surface area contributed by atoms with Crippen LogP contribution in [0.2, 0.25) is 0 Å². The highest BCUT2D eigenvalue weighted by molar-refractivity contribution is 6.04. The van der Waals surface area contributed by atoms with Gasteiger partial charge in [-0.3, -0.25) is 4.79 Å². The van der Waals surface area contributed by atoms with Gasteiger partial charge < -0.3 is 19.5 Å². The molecule has 36 heavy (non-hydrogen) atoms. The molecule has 0 unspecified atom stereocenters. The summed E-state index contributed by atoms with van der Waals surface area (Å²) in [6.07, 6.45) is 0. The smallest absolute Gasteiger partial charge is 0.256 e. The fraction of sp³-hybridized carbons (Fsp3) is 0.192. The molecule has 2 aromatic heterocycles. The highest BCUT2D eigenvalue weighted by Crippen LogP contribution is 2.27. The summed E-state index contributed by atoms with van der Waals surface area (Å²) in [6.45, 7) is 2.66. The van der Waals surface area contributed by atoms with Crippen LogP contribution in [0.15, 0.2) is 59.1 Å². The Morgan fingerprint density at radius 1 is 1.11 bits per heavy atom. The molecule has 0 spiro atoms. The van der Waals surface area contributed by atoms with Crippen LogP contribution in [-0.4, -0.2) is 53.2 Å². The molecule has 2 aromatic carbocycles. The molecule has 0 bridgehead atoms. The molecule has 182 valence electrons. The number of ether oxygens (including phenoxy) is 1. The Kier molecular flexibility index (Phi) is 7.32. The Morgan fingerprint density at radius 2 is 1.86 bits per heavy atom. The van der Waals surface area contributed by atoms with Gasteiger partial charge in [-0.1, -0.05) is 29.4 Å². The fourth-order valence-electron chi connectivity index (χ4n) is 3.32. The van der Waals surface area contributed by atoms with E-state index in [0.717, 1.165) is 0 Å². The number of aromatic nitrogens is 3. The van der Waals surface area contributed by atoms with Gasteiger partial charge in [0.15, 0.2) is 0 Å². The number of benzene rings is 2. The number of carbonyl (C=O) groups excluding carboxylic acids is 1. The van der Waals surface area contributed by atoms with E-state index in [2.05, 4.69) is 20.4 Å². The first kappa shape index (κ1) is 24.5. The van der Waals surface area contributed by atoms with E-state index in [0.29, 0.717) is 47.1 Å². The number of hydrogen-bond acceptors (Lipinski definition) is 8. The van der Waals surface area contributed by atoms with E-state index >= 15 is 0 Å². The van der Waals surface area contributed by atoms with E-state index in [1.165, 1.54) is 12.1 Å². The molecule has 9 nitrogen and oxygen atoms in total. The number of nitrogens with zero attached hydrogens (tertiary/aromatic N) is 5. The third-order valence-corrected chi connectivity index (χ3v) is 5.21. The van der Waals surface area contributed by atoms with Crippen molar-refractivity contribution in [3.05, 3.63) is 77.4 Å². The molecule has 0 saturated heterocycles. The number of pyridine rings is 1. The van der Waals surface area contributed by atoms with Gasteiger partial charge >= 0.3 is 0 Å². The minimum atomic E-state index is -0.448. The van der Waals surface area contributed by atoms with Gasteiger partial charge in [0.1, 0.15) is 29.9 Å². The average Bonchev–Trinajstić information content (AvgIpc) is 3.30. The summed E-state index contributed by atoms with van der Waals surface area (Å²) >= 11 is 0. The maximum absolute atomic E-state index is 14.8. The molecule has 0 atom stereocenters. The van der Waals surface area contributed by atoms with Crippen LogP contribution < -0.4 is 10.1 Å². The van der Waals surface area contributed by atoms with Crippen molar-refractivity contribution in [2.45, 2.75) is 6.92 Å². The molecular formula is C26H23FN6O3. The molecule has 1 amide bonds. The number of nitriles is 1. The highest BCUT2D eigenvalue weighted by atomic mass is 19.1. The third-order valence-electron chi connectivity index (χ3n) is 5.21. The van der Waals surface area contributed by atoms with Crippen LogP contribution in [0.4, 0.5) is 10.2 Å². The Bertz CT molecular complexity index is 1430. The molecule has 4 aromatic rings. The van der Waals surface area contributed by atoms with Crippen LogP contribution in [-0.2, 0) is 0 Å². The zero-order valence-electron chi connectivity index (χ0n) is 19.9. The number of amides is 1. The second kappa shape index (κ2) is 10.8. The number of hydrogen-bond donors (Lipinski definition) is 1. The summed E-state index contributed by atoms with van der Waals surface area (Å²) in [4.78, 5) is 23.0. The van der Waals surface area contributed by atoms with Crippen molar-refractivity contribution in [1.29, 1.82) is 5.26 Å². The first-order valence-corrected chi connectivity index (χ1v) is 11.0. The van der Waals surface area contributed by atoms with E-state index in [-0.39, 0.29) is 17.3 Å². The zero-order chi connectivity index (χ0) is 25.7. The van der Waals surface area contributed by atoms with Crippen molar-refractivity contribution >= 4 is 11.7 Å². The quantitative estimate of drug-likeness (QED) is 0.392. The van der Waals surface area contributed by atoms with Crippen molar-refractivity contribution in [1.82, 2.24) is 20.0 Å². The van der Waals surface area contributed by atoms with Crippen molar-refractivity contribution < 1.29 is 18.4 Å². The minimum absolute atomic E-state index is 0.155. The number of likely N-dealkylation sites (N-methyl/N-ethyl adjacent to an activating group) is 1. The van der Waals surface area contributed by atoms with E-state index < -0.39 is 11.7 Å². The lowest BCUT2D eigenvalue weighted by Gasteiger charge is -2.12. The first-order valence-electron chi connectivity index (χ1n) is 11.0. The Hall–Kier alpha value is -4.62. The van der Waals surface area contributed by atoms with Gasteiger partial charge in [0, 0.05) is 30.2 Å². The predicted molar refractivity (Wildman–Crippen MR) is 131 cm³/mol. The molecule has 1 N–H and O–H groups in total. The minimum Gasteiger partial charge on any atom is -0.475 e. The largest absolute Gasteiger partial charge is 0.475 e. The normalized spacial score (nSPS) is 10.8. The molecule has 0 aliphatic rings.